The minimum atomic E-state index is -0.0608. The van der Waals surface area contributed by atoms with Crippen molar-refractivity contribution in [2.75, 3.05) is 17.2 Å². The maximum atomic E-state index is 12.7. The number of nitrogens with two attached hydrogens (primary N) is 1. The Morgan fingerprint density at radius 1 is 1.40 bits per heavy atom. The third kappa shape index (κ3) is 1.95. The van der Waals surface area contributed by atoms with Gasteiger partial charge in [0, 0.05) is 18.8 Å². The molecule has 2 N–H and O–H groups in total. The molecule has 2 aromatic rings. The number of benzene rings is 1. The highest BCUT2D eigenvalue weighted by Gasteiger charge is 2.26. The van der Waals surface area contributed by atoms with Crippen LogP contribution in [-0.4, -0.2) is 22.2 Å². The Kier molecular flexibility index (Phi) is 3.18. The van der Waals surface area contributed by atoms with Crippen LogP contribution in [0.2, 0.25) is 0 Å². The summed E-state index contributed by atoms with van der Waals surface area (Å²) in [5, 5.41) is 4.15. The Labute approximate surface area is 118 Å². The minimum absolute atomic E-state index is 0.0608. The first-order valence-electron chi connectivity index (χ1n) is 6.93. The Hall–Kier alpha value is -2.30. The second-order valence-electron chi connectivity index (χ2n) is 4.95. The molecule has 0 radical (unpaired) electrons. The maximum Gasteiger partial charge on any atom is 0.263 e. The first-order chi connectivity index (χ1) is 9.72. The lowest BCUT2D eigenvalue weighted by molar-refractivity contribution is 0.0986. The van der Waals surface area contributed by atoms with Crippen molar-refractivity contribution in [2.24, 2.45) is 0 Å². The second-order valence-corrected chi connectivity index (χ2v) is 4.95. The highest BCUT2D eigenvalue weighted by atomic mass is 16.2. The van der Waals surface area contributed by atoms with Gasteiger partial charge in [0.2, 0.25) is 0 Å². The number of carbonyl (C=O) groups is 1. The highest BCUT2D eigenvalue weighted by molar-refractivity contribution is 6.09. The van der Waals surface area contributed by atoms with E-state index < -0.39 is 0 Å². The number of hydrogen-bond donors (Lipinski definition) is 1. The SMILES string of the molecule is CCn1ncc(C(=O)N2CCCc3ccccc32)c1N. The van der Waals surface area contributed by atoms with Gasteiger partial charge in [0.15, 0.2) is 0 Å². The van der Waals surface area contributed by atoms with Gasteiger partial charge in [-0.25, -0.2) is 4.68 Å². The number of aryl methyl sites for hydroxylation is 2. The van der Waals surface area contributed by atoms with E-state index in [9.17, 15) is 4.79 Å². The molecule has 0 saturated carbocycles. The molecule has 20 heavy (non-hydrogen) atoms. The first kappa shape index (κ1) is 12.7. The van der Waals surface area contributed by atoms with Crippen molar-refractivity contribution in [1.29, 1.82) is 0 Å². The van der Waals surface area contributed by atoms with E-state index in [1.165, 1.54) is 5.56 Å². The predicted octanol–water partition coefficient (Wildman–Crippen LogP) is 2.08. The van der Waals surface area contributed by atoms with E-state index in [0.717, 1.165) is 25.1 Å². The standard InChI is InChI=1S/C15H18N4O/c1-2-19-14(16)12(10-17-19)15(20)18-9-5-7-11-6-3-4-8-13(11)18/h3-4,6,8,10H,2,5,7,9,16H2,1H3. The highest BCUT2D eigenvalue weighted by Crippen LogP contribution is 2.28. The summed E-state index contributed by atoms with van der Waals surface area (Å²) in [7, 11) is 0. The summed E-state index contributed by atoms with van der Waals surface area (Å²) in [6.45, 7) is 3.34. The first-order valence-corrected chi connectivity index (χ1v) is 6.93. The van der Waals surface area contributed by atoms with Crippen LogP contribution in [0.15, 0.2) is 30.5 Å². The van der Waals surface area contributed by atoms with Gasteiger partial charge >= 0.3 is 0 Å². The van der Waals surface area contributed by atoms with Crippen molar-refractivity contribution in [2.45, 2.75) is 26.3 Å². The van der Waals surface area contributed by atoms with E-state index >= 15 is 0 Å². The number of nitrogens with zero attached hydrogens (tertiary/aromatic N) is 3. The Morgan fingerprint density at radius 3 is 2.95 bits per heavy atom. The number of anilines is 2. The van der Waals surface area contributed by atoms with Gasteiger partial charge < -0.3 is 10.6 Å². The quantitative estimate of drug-likeness (QED) is 0.908. The zero-order valence-corrected chi connectivity index (χ0v) is 11.5. The summed E-state index contributed by atoms with van der Waals surface area (Å²) >= 11 is 0. The third-order valence-corrected chi connectivity index (χ3v) is 3.77. The zero-order chi connectivity index (χ0) is 14.1. The monoisotopic (exact) mass is 270 g/mol. The fourth-order valence-corrected chi connectivity index (χ4v) is 2.70. The number of aromatic nitrogens is 2. The van der Waals surface area contributed by atoms with E-state index in [4.69, 9.17) is 5.73 Å². The molecule has 1 aromatic heterocycles. The van der Waals surface area contributed by atoms with Gasteiger partial charge in [0.25, 0.3) is 5.91 Å². The van der Waals surface area contributed by atoms with Crippen LogP contribution >= 0.6 is 0 Å². The molecular formula is C15H18N4O. The average molecular weight is 270 g/mol. The van der Waals surface area contributed by atoms with Gasteiger partial charge in [0.05, 0.1) is 6.20 Å². The number of carbonyl (C=O) groups excluding carboxylic acids is 1. The molecule has 0 atom stereocenters. The van der Waals surface area contributed by atoms with Crippen LogP contribution in [0.5, 0.6) is 0 Å². The maximum absolute atomic E-state index is 12.7. The number of amides is 1. The molecule has 0 unspecified atom stereocenters. The van der Waals surface area contributed by atoms with Crippen LogP contribution in [0.1, 0.15) is 29.3 Å². The molecule has 104 valence electrons. The summed E-state index contributed by atoms with van der Waals surface area (Å²) in [5.74, 6) is 0.384. The fourth-order valence-electron chi connectivity index (χ4n) is 2.70. The van der Waals surface area contributed by atoms with Crippen molar-refractivity contribution < 1.29 is 4.79 Å². The van der Waals surface area contributed by atoms with Crippen LogP contribution in [0.4, 0.5) is 11.5 Å². The molecule has 1 aromatic carbocycles. The second kappa shape index (κ2) is 5.00. The van der Waals surface area contributed by atoms with Gasteiger partial charge in [-0.15, -0.1) is 0 Å². The lowest BCUT2D eigenvalue weighted by Crippen LogP contribution is -2.35. The number of hydrogen-bond acceptors (Lipinski definition) is 3. The molecule has 5 nitrogen and oxygen atoms in total. The van der Waals surface area contributed by atoms with Gasteiger partial charge in [-0.2, -0.15) is 5.10 Å². The van der Waals surface area contributed by atoms with E-state index in [0.29, 0.717) is 17.9 Å². The molecular weight excluding hydrogens is 252 g/mol. The Morgan fingerprint density at radius 2 is 2.20 bits per heavy atom. The van der Waals surface area contributed by atoms with Crippen molar-refractivity contribution in [3.63, 3.8) is 0 Å². The van der Waals surface area contributed by atoms with E-state index in [1.54, 1.807) is 10.9 Å². The average Bonchev–Trinajstić information content (AvgIpc) is 2.87. The number of para-hydroxylation sites is 1. The van der Waals surface area contributed by atoms with E-state index in [2.05, 4.69) is 11.2 Å². The molecule has 0 bridgehead atoms. The van der Waals surface area contributed by atoms with E-state index in [1.807, 2.05) is 30.0 Å². The van der Waals surface area contributed by atoms with Gasteiger partial charge in [-0.3, -0.25) is 4.79 Å². The van der Waals surface area contributed by atoms with Crippen molar-refractivity contribution >= 4 is 17.4 Å². The molecule has 5 heteroatoms. The Bertz CT molecular complexity index is 647. The molecule has 0 aliphatic carbocycles. The number of rotatable bonds is 2. The molecule has 1 amide bonds. The van der Waals surface area contributed by atoms with E-state index in [-0.39, 0.29) is 5.91 Å². The fraction of sp³-hybridized carbons (Fsp3) is 0.333. The number of nitrogen functional groups attached to an aromatic ring is 1. The summed E-state index contributed by atoms with van der Waals surface area (Å²) in [6.07, 6.45) is 3.56. The lowest BCUT2D eigenvalue weighted by Gasteiger charge is -2.29. The van der Waals surface area contributed by atoms with Gasteiger partial charge in [0.1, 0.15) is 11.4 Å². The summed E-state index contributed by atoms with van der Waals surface area (Å²) < 4.78 is 1.64. The molecule has 1 aliphatic rings. The van der Waals surface area contributed by atoms with Crippen molar-refractivity contribution in [3.05, 3.63) is 41.6 Å². The topological polar surface area (TPSA) is 64.2 Å². The van der Waals surface area contributed by atoms with Crippen molar-refractivity contribution in [3.8, 4) is 0 Å². The summed E-state index contributed by atoms with van der Waals surface area (Å²) in [4.78, 5) is 14.5. The smallest absolute Gasteiger partial charge is 0.263 e. The third-order valence-electron chi connectivity index (χ3n) is 3.77. The van der Waals surface area contributed by atoms with Gasteiger partial charge in [-0.1, -0.05) is 18.2 Å². The molecule has 3 rings (SSSR count). The minimum Gasteiger partial charge on any atom is -0.383 e. The molecule has 2 heterocycles. The van der Waals surface area contributed by atoms with Crippen LogP contribution in [0, 0.1) is 0 Å². The molecule has 1 aliphatic heterocycles. The molecule has 0 saturated heterocycles. The lowest BCUT2D eigenvalue weighted by atomic mass is 10.0. The normalized spacial score (nSPS) is 14.2. The largest absolute Gasteiger partial charge is 0.383 e. The molecule has 0 fully saturated rings. The predicted molar refractivity (Wildman–Crippen MR) is 78.8 cm³/mol. The molecule has 0 spiro atoms. The van der Waals surface area contributed by atoms with Gasteiger partial charge in [-0.05, 0) is 31.4 Å². The van der Waals surface area contributed by atoms with Crippen LogP contribution in [0.25, 0.3) is 0 Å². The van der Waals surface area contributed by atoms with Crippen LogP contribution < -0.4 is 10.6 Å². The number of fused-ring (bicyclic) bond motifs is 1. The summed E-state index contributed by atoms with van der Waals surface area (Å²) in [6, 6.07) is 8.04. The zero-order valence-electron chi connectivity index (χ0n) is 11.5. The Balaban J connectivity index is 1.97. The van der Waals surface area contributed by atoms with Crippen LogP contribution in [0.3, 0.4) is 0 Å². The summed E-state index contributed by atoms with van der Waals surface area (Å²) in [5.41, 5.74) is 8.69. The van der Waals surface area contributed by atoms with Crippen LogP contribution in [-0.2, 0) is 13.0 Å². The van der Waals surface area contributed by atoms with Crippen molar-refractivity contribution in [1.82, 2.24) is 9.78 Å².